The number of hydrogen-bond donors (Lipinski definition) is 1. The second-order valence-corrected chi connectivity index (χ2v) is 1.65. The smallest absolute Gasteiger partial charge is 0.601 e. The first-order valence-electron chi connectivity index (χ1n) is 2.88. The molecule has 11 heavy (non-hydrogen) atoms. The summed E-state index contributed by atoms with van der Waals surface area (Å²) in [5.74, 6) is 0.839. The second-order valence-electron chi connectivity index (χ2n) is 1.65. The van der Waals surface area contributed by atoms with Gasteiger partial charge in [-0.2, -0.15) is 6.21 Å². The first kappa shape index (κ1) is 10.3. The molecule has 1 aromatic heterocycles. The molecule has 0 spiro atoms. The van der Waals surface area contributed by atoms with Crippen molar-refractivity contribution in [3.8, 4) is 0 Å². The summed E-state index contributed by atoms with van der Waals surface area (Å²) in [4.78, 5) is 10.5. The summed E-state index contributed by atoms with van der Waals surface area (Å²) in [6.45, 7) is 4.98. The fourth-order valence-corrected chi connectivity index (χ4v) is 0.568. The largest absolute Gasteiger partial charge is 2.00 e. The molecule has 0 bridgehead atoms. The Labute approximate surface area is 79.9 Å². The van der Waals surface area contributed by atoms with Gasteiger partial charge in [0.15, 0.2) is 0 Å². The summed E-state index contributed by atoms with van der Waals surface area (Å²) in [6, 6.07) is 0. The van der Waals surface area contributed by atoms with Crippen LogP contribution in [0.2, 0.25) is 0 Å². The van der Waals surface area contributed by atoms with Gasteiger partial charge >= 0.3 is 21.1 Å². The van der Waals surface area contributed by atoms with Gasteiger partial charge in [-0.15, -0.1) is 0 Å². The predicted octanol–water partition coefficient (Wildman–Crippen LogP) is 0.844. The Bertz CT molecular complexity index is 216. The van der Waals surface area contributed by atoms with E-state index >= 15 is 0 Å². The van der Waals surface area contributed by atoms with Crippen LogP contribution in [0.3, 0.4) is 0 Å². The number of aliphatic imine (C=N–C) groups is 1. The van der Waals surface area contributed by atoms with Crippen LogP contribution in [0.1, 0.15) is 5.82 Å². The zero-order chi connectivity index (χ0) is 7.23. The van der Waals surface area contributed by atoms with Crippen LogP contribution in [0, 0.1) is 6.58 Å². The van der Waals surface area contributed by atoms with Crippen LogP contribution < -0.4 is 0 Å². The van der Waals surface area contributed by atoms with Crippen LogP contribution in [-0.2, 0) is 27.5 Å². The molecule has 0 aliphatic heterocycles. The van der Waals surface area contributed by atoms with Crippen molar-refractivity contribution in [3.05, 3.63) is 31.0 Å². The standard InChI is InChI=1S/C7H7N3.W/c1-2-8-4-3-7-9-5-6-10-7;/h1-2,5-6H,3H2,(H,9,10);/q-2;+2. The van der Waals surface area contributed by atoms with E-state index in [1.807, 2.05) is 0 Å². The van der Waals surface area contributed by atoms with E-state index in [9.17, 15) is 0 Å². The minimum absolute atomic E-state index is 0. The number of rotatable bonds is 3. The van der Waals surface area contributed by atoms with E-state index in [4.69, 9.17) is 6.58 Å². The molecule has 0 radical (unpaired) electrons. The van der Waals surface area contributed by atoms with Crippen LogP contribution in [0.15, 0.2) is 23.6 Å². The van der Waals surface area contributed by atoms with E-state index in [2.05, 4.69) is 21.2 Å². The number of hydrogen-bond acceptors (Lipinski definition) is 2. The van der Waals surface area contributed by atoms with Crippen molar-refractivity contribution in [2.24, 2.45) is 4.99 Å². The van der Waals surface area contributed by atoms with Gasteiger partial charge in [0.2, 0.25) is 0 Å². The number of imidazole rings is 1. The molecule has 0 amide bonds. The maximum Gasteiger partial charge on any atom is 2.00 e. The maximum absolute atomic E-state index is 4.98. The Morgan fingerprint density at radius 2 is 2.64 bits per heavy atom. The molecule has 1 aromatic rings. The van der Waals surface area contributed by atoms with Crippen molar-refractivity contribution in [2.75, 3.05) is 0 Å². The molecule has 0 aliphatic rings. The van der Waals surface area contributed by atoms with Gasteiger partial charge in [0, 0.05) is 12.4 Å². The molecule has 56 valence electrons. The molecule has 0 saturated carbocycles. The fraction of sp³-hybridized carbons (Fsp3) is 0.143. The first-order valence-corrected chi connectivity index (χ1v) is 2.88. The minimum atomic E-state index is 0. The van der Waals surface area contributed by atoms with Crippen molar-refractivity contribution in [3.63, 3.8) is 0 Å². The second kappa shape index (κ2) is 6.05. The van der Waals surface area contributed by atoms with Gasteiger partial charge in [-0.1, -0.05) is 0 Å². The van der Waals surface area contributed by atoms with Crippen LogP contribution in [0.25, 0.3) is 0 Å². The first-order chi connectivity index (χ1) is 4.93. The number of H-pyrrole nitrogens is 1. The van der Waals surface area contributed by atoms with Crippen LogP contribution in [0.4, 0.5) is 0 Å². The SMILES string of the molecule is [CH-]=CN=[C-]Cc1ncc[nH]1.[W+2]. The van der Waals surface area contributed by atoms with Crippen molar-refractivity contribution < 1.29 is 21.1 Å². The van der Waals surface area contributed by atoms with E-state index in [0.29, 0.717) is 6.42 Å². The van der Waals surface area contributed by atoms with Gasteiger partial charge in [-0.05, 0) is 6.42 Å². The molecule has 1 heterocycles. The molecular weight excluding hydrogens is 310 g/mol. The third kappa shape index (κ3) is 3.89. The van der Waals surface area contributed by atoms with E-state index in [0.717, 1.165) is 5.82 Å². The van der Waals surface area contributed by atoms with Crippen molar-refractivity contribution >= 4 is 6.21 Å². The Hall–Kier alpha value is -0.692. The summed E-state index contributed by atoms with van der Waals surface area (Å²) >= 11 is 0. The molecule has 4 heteroatoms. The zero-order valence-electron chi connectivity index (χ0n) is 5.82. The summed E-state index contributed by atoms with van der Waals surface area (Å²) < 4.78 is 0. The average molecular weight is 317 g/mol. The van der Waals surface area contributed by atoms with E-state index in [1.54, 1.807) is 12.4 Å². The molecule has 1 rings (SSSR count). The summed E-state index contributed by atoms with van der Waals surface area (Å²) in [5, 5.41) is 0. The average Bonchev–Trinajstić information content (AvgIpc) is 2.41. The van der Waals surface area contributed by atoms with E-state index in [-0.39, 0.29) is 21.1 Å². The topological polar surface area (TPSA) is 41.0 Å². The predicted molar refractivity (Wildman–Crippen MR) is 38.6 cm³/mol. The Morgan fingerprint density at radius 1 is 1.82 bits per heavy atom. The maximum atomic E-state index is 4.98. The molecule has 0 aromatic carbocycles. The molecule has 0 saturated heterocycles. The van der Waals surface area contributed by atoms with Gasteiger partial charge in [0.05, 0.1) is 5.82 Å². The molecule has 1 N–H and O–H groups in total. The normalized spacial score (nSPS) is 9.45. The van der Waals surface area contributed by atoms with E-state index < -0.39 is 0 Å². The van der Waals surface area contributed by atoms with Crippen molar-refractivity contribution in [1.29, 1.82) is 0 Å². The fourth-order valence-electron chi connectivity index (χ4n) is 0.568. The van der Waals surface area contributed by atoms with Gasteiger partial charge in [-0.25, -0.2) is 4.98 Å². The zero-order valence-corrected chi connectivity index (χ0v) is 8.75. The quantitative estimate of drug-likeness (QED) is 0.652. The van der Waals surface area contributed by atoms with Gasteiger partial charge in [0.25, 0.3) is 0 Å². The molecule has 0 fully saturated rings. The number of aromatic nitrogens is 2. The minimum Gasteiger partial charge on any atom is -0.601 e. The summed E-state index contributed by atoms with van der Waals surface area (Å²) in [5.41, 5.74) is 0. The Morgan fingerprint density at radius 3 is 3.18 bits per heavy atom. The Balaban J connectivity index is 0.000001000. The van der Waals surface area contributed by atoms with Crippen molar-refractivity contribution in [1.82, 2.24) is 9.97 Å². The van der Waals surface area contributed by atoms with E-state index in [1.165, 1.54) is 6.20 Å². The van der Waals surface area contributed by atoms with Gasteiger partial charge < -0.3 is 22.8 Å². The molecular formula is C7H7N3W. The number of aromatic amines is 1. The third-order valence-electron chi connectivity index (χ3n) is 0.967. The van der Waals surface area contributed by atoms with Crippen LogP contribution >= 0.6 is 0 Å². The monoisotopic (exact) mass is 317 g/mol. The van der Waals surface area contributed by atoms with Gasteiger partial charge in [0.1, 0.15) is 0 Å². The number of nitrogens with one attached hydrogen (secondary N) is 1. The summed E-state index contributed by atoms with van der Waals surface area (Å²) in [7, 11) is 0. The molecule has 0 atom stereocenters. The Kier molecular flexibility index (Phi) is 5.67. The number of nitrogens with zero attached hydrogens (tertiary/aromatic N) is 2. The molecule has 0 unspecified atom stereocenters. The van der Waals surface area contributed by atoms with Crippen molar-refractivity contribution in [2.45, 2.75) is 6.42 Å². The van der Waals surface area contributed by atoms with Crippen LogP contribution in [0.5, 0.6) is 0 Å². The van der Waals surface area contributed by atoms with Crippen LogP contribution in [-0.4, -0.2) is 16.2 Å². The third-order valence-corrected chi connectivity index (χ3v) is 0.967. The van der Waals surface area contributed by atoms with Gasteiger partial charge in [-0.3, -0.25) is 0 Å². The molecule has 0 aliphatic carbocycles. The molecule has 3 nitrogen and oxygen atoms in total. The summed E-state index contributed by atoms with van der Waals surface area (Å²) in [6.07, 6.45) is 7.89.